The third-order valence-corrected chi connectivity index (χ3v) is 4.72. The van der Waals surface area contributed by atoms with E-state index in [-0.39, 0.29) is 6.04 Å². The van der Waals surface area contributed by atoms with E-state index >= 15 is 0 Å². The summed E-state index contributed by atoms with van der Waals surface area (Å²) in [6.45, 7) is 4.68. The molecular weight excluding hydrogens is 338 g/mol. The lowest BCUT2D eigenvalue weighted by molar-refractivity contribution is 0.412. The van der Waals surface area contributed by atoms with Gasteiger partial charge in [-0.3, -0.25) is 4.57 Å². The second kappa shape index (κ2) is 7.29. The predicted octanol–water partition coefficient (Wildman–Crippen LogP) is 4.79. The number of aromatic nitrogens is 2. The van der Waals surface area contributed by atoms with Crippen molar-refractivity contribution in [1.29, 1.82) is 0 Å². The Balaban J connectivity index is 1.67. The molecule has 2 heterocycles. The van der Waals surface area contributed by atoms with Gasteiger partial charge in [0.1, 0.15) is 23.1 Å². The minimum absolute atomic E-state index is 0.0998. The number of methoxy groups -OCH3 is 1. The predicted molar refractivity (Wildman–Crippen MR) is 106 cm³/mol. The standard InChI is InChI=1S/C22H23N3O2/c1-15-8-13-21(27-15)16(2)23-14-22-24-19-6-4-5-7-20(19)25(22)17-9-11-18(26-3)12-10-17/h4-13,16,23H,14H2,1-3H3. The number of furan rings is 1. The summed E-state index contributed by atoms with van der Waals surface area (Å²) in [7, 11) is 1.68. The fourth-order valence-corrected chi connectivity index (χ4v) is 3.24. The SMILES string of the molecule is COc1ccc(-n2c(CNC(C)c3ccc(C)o3)nc3ccccc32)cc1. The zero-order valence-corrected chi connectivity index (χ0v) is 15.8. The molecule has 0 aliphatic heterocycles. The number of hydrogen-bond donors (Lipinski definition) is 1. The van der Waals surface area contributed by atoms with Crippen molar-refractivity contribution in [3.63, 3.8) is 0 Å². The number of benzene rings is 2. The van der Waals surface area contributed by atoms with Crippen LogP contribution in [-0.4, -0.2) is 16.7 Å². The van der Waals surface area contributed by atoms with E-state index in [1.807, 2.05) is 49.4 Å². The van der Waals surface area contributed by atoms with E-state index in [0.29, 0.717) is 6.54 Å². The third kappa shape index (κ3) is 3.46. The Hall–Kier alpha value is -3.05. The van der Waals surface area contributed by atoms with Crippen LogP contribution in [0.5, 0.6) is 5.75 Å². The Morgan fingerprint density at radius 3 is 2.56 bits per heavy atom. The summed E-state index contributed by atoms with van der Waals surface area (Å²) in [6, 6.07) is 20.3. The van der Waals surface area contributed by atoms with E-state index in [1.54, 1.807) is 7.11 Å². The van der Waals surface area contributed by atoms with Gasteiger partial charge in [0.05, 0.1) is 30.7 Å². The summed E-state index contributed by atoms with van der Waals surface area (Å²) in [6.07, 6.45) is 0. The molecule has 27 heavy (non-hydrogen) atoms. The van der Waals surface area contributed by atoms with Gasteiger partial charge in [0, 0.05) is 5.69 Å². The largest absolute Gasteiger partial charge is 0.497 e. The van der Waals surface area contributed by atoms with Crippen molar-refractivity contribution < 1.29 is 9.15 Å². The molecule has 4 rings (SSSR count). The Bertz CT molecular complexity index is 1050. The summed E-state index contributed by atoms with van der Waals surface area (Å²) in [4.78, 5) is 4.84. The molecule has 0 aliphatic carbocycles. The fourth-order valence-electron chi connectivity index (χ4n) is 3.24. The molecule has 0 saturated heterocycles. The first-order valence-corrected chi connectivity index (χ1v) is 9.06. The molecule has 1 unspecified atom stereocenters. The highest BCUT2D eigenvalue weighted by atomic mass is 16.5. The molecule has 0 bridgehead atoms. The number of nitrogens with one attached hydrogen (secondary N) is 1. The summed E-state index contributed by atoms with van der Waals surface area (Å²) >= 11 is 0. The number of aryl methyl sites for hydroxylation is 1. The lowest BCUT2D eigenvalue weighted by Crippen LogP contribution is -2.20. The van der Waals surface area contributed by atoms with Crippen LogP contribution in [0.15, 0.2) is 65.1 Å². The molecule has 1 N–H and O–H groups in total. The average molecular weight is 361 g/mol. The van der Waals surface area contributed by atoms with Gasteiger partial charge in [-0.2, -0.15) is 0 Å². The number of nitrogens with zero attached hydrogens (tertiary/aromatic N) is 2. The molecule has 2 aromatic carbocycles. The van der Waals surface area contributed by atoms with Crippen molar-refractivity contribution in [3.8, 4) is 11.4 Å². The molecule has 5 nitrogen and oxygen atoms in total. The molecule has 4 aromatic rings. The Kier molecular flexibility index (Phi) is 4.69. The van der Waals surface area contributed by atoms with E-state index in [2.05, 4.69) is 35.0 Å². The molecule has 0 radical (unpaired) electrons. The molecule has 138 valence electrons. The van der Waals surface area contributed by atoms with E-state index < -0.39 is 0 Å². The zero-order valence-electron chi connectivity index (χ0n) is 15.8. The highest BCUT2D eigenvalue weighted by molar-refractivity contribution is 5.78. The van der Waals surface area contributed by atoms with Crippen molar-refractivity contribution in [2.45, 2.75) is 26.4 Å². The molecule has 1 atom stereocenters. The summed E-state index contributed by atoms with van der Waals surface area (Å²) in [5.41, 5.74) is 3.12. The van der Waals surface area contributed by atoms with Gasteiger partial charge in [-0.25, -0.2) is 4.98 Å². The van der Waals surface area contributed by atoms with Crippen molar-refractivity contribution in [2.75, 3.05) is 7.11 Å². The summed E-state index contributed by atoms with van der Waals surface area (Å²) in [5.74, 6) is 3.64. The highest BCUT2D eigenvalue weighted by Gasteiger charge is 2.15. The molecule has 0 amide bonds. The monoisotopic (exact) mass is 361 g/mol. The van der Waals surface area contributed by atoms with Crippen LogP contribution in [-0.2, 0) is 6.54 Å². The molecule has 0 saturated carbocycles. The van der Waals surface area contributed by atoms with Gasteiger partial charge in [0.15, 0.2) is 0 Å². The minimum Gasteiger partial charge on any atom is -0.497 e. The molecular formula is C22H23N3O2. The van der Waals surface area contributed by atoms with Crippen LogP contribution in [0.25, 0.3) is 16.7 Å². The van der Waals surface area contributed by atoms with Crippen LogP contribution in [0.3, 0.4) is 0 Å². The zero-order chi connectivity index (χ0) is 18.8. The van der Waals surface area contributed by atoms with Crippen LogP contribution in [0.4, 0.5) is 0 Å². The van der Waals surface area contributed by atoms with Crippen molar-refractivity contribution >= 4 is 11.0 Å². The van der Waals surface area contributed by atoms with Gasteiger partial charge in [-0.15, -0.1) is 0 Å². The minimum atomic E-state index is 0.0998. The second-order valence-electron chi connectivity index (χ2n) is 6.60. The number of para-hydroxylation sites is 2. The molecule has 2 aromatic heterocycles. The van der Waals surface area contributed by atoms with Crippen LogP contribution in [0.2, 0.25) is 0 Å². The van der Waals surface area contributed by atoms with E-state index in [9.17, 15) is 0 Å². The lowest BCUT2D eigenvalue weighted by Gasteiger charge is -2.14. The topological polar surface area (TPSA) is 52.2 Å². The number of fused-ring (bicyclic) bond motifs is 1. The first-order chi connectivity index (χ1) is 13.2. The van der Waals surface area contributed by atoms with Crippen molar-refractivity contribution in [1.82, 2.24) is 14.9 Å². The smallest absolute Gasteiger partial charge is 0.128 e. The molecule has 0 aliphatic rings. The lowest BCUT2D eigenvalue weighted by atomic mass is 10.2. The first-order valence-electron chi connectivity index (χ1n) is 9.06. The number of hydrogen-bond acceptors (Lipinski definition) is 4. The number of rotatable bonds is 6. The van der Waals surface area contributed by atoms with Crippen LogP contribution in [0.1, 0.15) is 30.3 Å². The van der Waals surface area contributed by atoms with Crippen LogP contribution >= 0.6 is 0 Å². The Morgan fingerprint density at radius 2 is 1.85 bits per heavy atom. The maximum Gasteiger partial charge on any atom is 0.128 e. The Morgan fingerprint density at radius 1 is 1.07 bits per heavy atom. The van der Waals surface area contributed by atoms with Gasteiger partial charge in [-0.1, -0.05) is 12.1 Å². The van der Waals surface area contributed by atoms with Gasteiger partial charge >= 0.3 is 0 Å². The van der Waals surface area contributed by atoms with Crippen LogP contribution < -0.4 is 10.1 Å². The van der Waals surface area contributed by atoms with Crippen molar-refractivity contribution in [3.05, 3.63) is 78.0 Å². The van der Waals surface area contributed by atoms with Crippen LogP contribution in [0, 0.1) is 6.92 Å². The first kappa shape index (κ1) is 17.4. The second-order valence-corrected chi connectivity index (χ2v) is 6.60. The maximum atomic E-state index is 5.73. The quantitative estimate of drug-likeness (QED) is 0.537. The normalized spacial score (nSPS) is 12.4. The fraction of sp³-hybridized carbons (Fsp3) is 0.227. The van der Waals surface area contributed by atoms with E-state index in [0.717, 1.165) is 39.8 Å². The Labute approximate surface area is 158 Å². The third-order valence-electron chi connectivity index (χ3n) is 4.72. The van der Waals surface area contributed by atoms with E-state index in [1.165, 1.54) is 0 Å². The van der Waals surface area contributed by atoms with Gasteiger partial charge in [0.25, 0.3) is 0 Å². The van der Waals surface area contributed by atoms with E-state index in [4.69, 9.17) is 14.1 Å². The molecule has 5 heteroatoms. The summed E-state index contributed by atoms with van der Waals surface area (Å²) < 4.78 is 13.2. The summed E-state index contributed by atoms with van der Waals surface area (Å²) in [5, 5.41) is 3.52. The molecule has 0 fully saturated rings. The number of ether oxygens (including phenoxy) is 1. The van der Waals surface area contributed by atoms with Crippen molar-refractivity contribution in [2.24, 2.45) is 0 Å². The average Bonchev–Trinajstić information content (AvgIpc) is 3.29. The maximum absolute atomic E-state index is 5.73. The van der Waals surface area contributed by atoms with Gasteiger partial charge in [-0.05, 0) is 62.4 Å². The number of imidazole rings is 1. The highest BCUT2D eigenvalue weighted by Crippen LogP contribution is 2.24. The van der Waals surface area contributed by atoms with Gasteiger partial charge < -0.3 is 14.5 Å². The van der Waals surface area contributed by atoms with Gasteiger partial charge in [0.2, 0.25) is 0 Å². The molecule has 0 spiro atoms.